The lowest BCUT2D eigenvalue weighted by molar-refractivity contribution is -0.114. The average Bonchev–Trinajstić information content (AvgIpc) is 3.05. The second kappa shape index (κ2) is 13.6. The molecule has 40 heavy (non-hydrogen) atoms. The number of nitriles is 1. The standard InChI is InChI=1S/C31H30ClN5O3/c1-4-39-30-17-28-26(15-21(30)14-25(38)9-7-13-37(2)3)31(22(18-33)19-35-28)36-23-10-11-29(27(32)16-23)40-20-24-8-5-6-12-34-24/h5-12,15-17,19H,4,13-14,20H2,1-3H3,(H,35,36)/b9-7+/i1D3,2D3,4D2,7D,9D,20D2. The van der Waals surface area contributed by atoms with E-state index in [9.17, 15) is 10.1 Å². The molecule has 4 aromatic rings. The van der Waals surface area contributed by atoms with Gasteiger partial charge in [-0.25, -0.2) is 0 Å². The van der Waals surface area contributed by atoms with Crippen LogP contribution in [0.25, 0.3) is 10.9 Å². The zero-order valence-corrected chi connectivity index (χ0v) is 21.8. The van der Waals surface area contributed by atoms with Crippen molar-refractivity contribution in [3.8, 4) is 17.6 Å². The summed E-state index contributed by atoms with van der Waals surface area (Å²) in [5.74, 6) is -1.43. The molecule has 0 aliphatic rings. The first-order chi connectivity index (χ1) is 24.0. The van der Waals surface area contributed by atoms with Crippen molar-refractivity contribution in [2.75, 3.05) is 32.4 Å². The smallest absolute Gasteiger partial charge is 0.159 e. The topological polar surface area (TPSA) is 100 Å². The SMILES string of the molecule is [2H]/C(CN(C)C([2H])([2H])[2H])=C(/[2H])C(=O)Cc1cc2c(Nc3ccc(OC([2H])([2H])c4ccccn4)c(Cl)c3)c(C#N)cnc2cc1OC([2H])([2H])C([2H])([2H])[2H]. The van der Waals surface area contributed by atoms with E-state index >= 15 is 0 Å². The van der Waals surface area contributed by atoms with Crippen molar-refractivity contribution in [1.29, 1.82) is 5.26 Å². The van der Waals surface area contributed by atoms with Gasteiger partial charge < -0.3 is 19.7 Å². The molecule has 0 aliphatic carbocycles. The number of pyridine rings is 2. The van der Waals surface area contributed by atoms with Crippen LogP contribution >= 0.6 is 11.6 Å². The Hall–Kier alpha value is -4.45. The number of carbonyl (C=O) groups is 1. The molecule has 0 bridgehead atoms. The summed E-state index contributed by atoms with van der Waals surface area (Å²) < 4.78 is 105. The van der Waals surface area contributed by atoms with Crippen molar-refractivity contribution in [2.24, 2.45) is 0 Å². The number of hydrogen-bond donors (Lipinski definition) is 1. The molecule has 0 saturated heterocycles. The van der Waals surface area contributed by atoms with Crippen LogP contribution in [-0.2, 0) is 17.8 Å². The third kappa shape index (κ3) is 7.35. The monoisotopic (exact) mass is 567 g/mol. The number of ether oxygens (including phenoxy) is 2. The first kappa shape index (κ1) is 16.6. The number of hydrogen-bond acceptors (Lipinski definition) is 8. The summed E-state index contributed by atoms with van der Waals surface area (Å²) >= 11 is 6.46. The van der Waals surface area contributed by atoms with Gasteiger partial charge in [-0.2, -0.15) is 5.26 Å². The van der Waals surface area contributed by atoms with Crippen LogP contribution in [-0.4, -0.2) is 47.8 Å². The fourth-order valence-electron chi connectivity index (χ4n) is 3.58. The van der Waals surface area contributed by atoms with Crippen LogP contribution in [0.5, 0.6) is 11.5 Å². The molecule has 0 amide bonds. The Morgan fingerprint density at radius 2 is 2.15 bits per heavy atom. The number of fused-ring (bicyclic) bond motifs is 1. The maximum atomic E-state index is 13.3. The Morgan fingerprint density at radius 1 is 1.25 bits per heavy atom. The number of likely N-dealkylation sites (N-methyl/N-ethyl adjacent to an activating group) is 1. The zero-order valence-electron chi connectivity index (χ0n) is 33.1. The summed E-state index contributed by atoms with van der Waals surface area (Å²) in [6.45, 7) is -12.0. The van der Waals surface area contributed by atoms with Crippen LogP contribution in [0.15, 0.2) is 73.0 Å². The number of ketones is 1. The number of halogens is 1. The maximum Gasteiger partial charge on any atom is 0.159 e. The summed E-state index contributed by atoms with van der Waals surface area (Å²) in [5, 5.41) is 13.2. The van der Waals surface area contributed by atoms with Crippen molar-refractivity contribution < 1.29 is 30.7 Å². The van der Waals surface area contributed by atoms with Crippen LogP contribution in [0.1, 0.15) is 40.1 Å². The summed E-state index contributed by atoms with van der Waals surface area (Å²) in [6.07, 6.45) is 1.89. The predicted molar refractivity (Wildman–Crippen MR) is 157 cm³/mol. The lowest BCUT2D eigenvalue weighted by atomic mass is 10.0. The number of aromatic nitrogens is 2. The lowest BCUT2D eigenvalue weighted by Gasteiger charge is -2.16. The van der Waals surface area contributed by atoms with Gasteiger partial charge in [-0.05, 0) is 63.3 Å². The molecule has 0 saturated carbocycles. The molecular formula is C31H30ClN5O3. The van der Waals surface area contributed by atoms with Gasteiger partial charge in [0.2, 0.25) is 0 Å². The summed E-state index contributed by atoms with van der Waals surface area (Å²) in [7, 11) is 1.19. The molecule has 8 nitrogen and oxygen atoms in total. The van der Waals surface area contributed by atoms with E-state index in [-0.39, 0.29) is 44.2 Å². The van der Waals surface area contributed by atoms with E-state index in [2.05, 4.69) is 15.3 Å². The van der Waals surface area contributed by atoms with Crippen LogP contribution in [0, 0.1) is 11.3 Å². The molecule has 9 heteroatoms. The van der Waals surface area contributed by atoms with Gasteiger partial charge in [0.1, 0.15) is 24.1 Å². The van der Waals surface area contributed by atoms with Crippen LogP contribution in [0.4, 0.5) is 11.4 Å². The molecule has 0 unspecified atom stereocenters. The molecule has 0 aliphatic heterocycles. The summed E-state index contributed by atoms with van der Waals surface area (Å²) in [4.78, 5) is 22.3. The molecule has 0 radical (unpaired) electrons. The molecule has 1 N–H and O–H groups in total. The highest BCUT2D eigenvalue weighted by molar-refractivity contribution is 6.32. The Kier molecular flexibility index (Phi) is 5.63. The normalized spacial score (nSPS) is 17.4. The Morgan fingerprint density at radius 3 is 2.90 bits per heavy atom. The maximum absolute atomic E-state index is 13.3. The summed E-state index contributed by atoms with van der Waals surface area (Å²) in [6, 6.07) is 11.9. The number of rotatable bonds is 12. The molecule has 204 valence electrons. The van der Waals surface area contributed by atoms with Crippen LogP contribution in [0.3, 0.4) is 0 Å². The Bertz CT molecular complexity index is 2050. The third-order valence-electron chi connectivity index (χ3n) is 5.36. The van der Waals surface area contributed by atoms with E-state index in [1.807, 2.05) is 6.07 Å². The average molecular weight is 568 g/mol. The minimum atomic E-state index is -3.27. The van der Waals surface area contributed by atoms with Gasteiger partial charge in [-0.1, -0.05) is 23.7 Å². The lowest BCUT2D eigenvalue weighted by Crippen LogP contribution is -2.11. The van der Waals surface area contributed by atoms with Crippen molar-refractivity contribution in [3.05, 3.63) is 94.9 Å². The highest BCUT2D eigenvalue weighted by Crippen LogP contribution is 2.36. The summed E-state index contributed by atoms with van der Waals surface area (Å²) in [5.41, 5.74) is 0.375. The Balaban J connectivity index is 1.78. The van der Waals surface area contributed by atoms with E-state index in [4.69, 9.17) is 37.5 Å². The Labute approximate surface area is 255 Å². The first-order valence-corrected chi connectivity index (χ1v) is 12.0. The van der Waals surface area contributed by atoms with E-state index in [1.165, 1.54) is 49.8 Å². The predicted octanol–water partition coefficient (Wildman–Crippen LogP) is 6.11. The first-order valence-electron chi connectivity index (χ1n) is 17.7. The quantitative estimate of drug-likeness (QED) is 0.205. The molecule has 2 aromatic carbocycles. The number of nitrogens with one attached hydrogen (secondary N) is 1. The largest absolute Gasteiger partial charge is 0.494 e. The van der Waals surface area contributed by atoms with Gasteiger partial charge in [0.25, 0.3) is 0 Å². The minimum Gasteiger partial charge on any atom is -0.494 e. The van der Waals surface area contributed by atoms with Crippen molar-refractivity contribution in [3.63, 3.8) is 0 Å². The van der Waals surface area contributed by atoms with Crippen LogP contribution < -0.4 is 14.8 Å². The second-order valence-electron chi connectivity index (χ2n) is 8.29. The van der Waals surface area contributed by atoms with Crippen molar-refractivity contribution in [2.45, 2.75) is 19.8 Å². The van der Waals surface area contributed by atoms with Crippen LogP contribution in [0.2, 0.25) is 5.02 Å². The van der Waals surface area contributed by atoms with Gasteiger partial charge in [0, 0.05) is 56.3 Å². The zero-order chi connectivity index (χ0) is 38.8. The number of nitrogens with zero attached hydrogens (tertiary/aromatic N) is 4. The van der Waals surface area contributed by atoms with Crippen molar-refractivity contribution in [1.82, 2.24) is 14.9 Å². The van der Waals surface area contributed by atoms with Crippen molar-refractivity contribution >= 4 is 39.7 Å². The van der Waals surface area contributed by atoms with Gasteiger partial charge in [-0.3, -0.25) is 14.8 Å². The number of benzene rings is 2. The van der Waals surface area contributed by atoms with Gasteiger partial charge in [-0.15, -0.1) is 0 Å². The van der Waals surface area contributed by atoms with E-state index in [0.717, 1.165) is 11.0 Å². The van der Waals surface area contributed by atoms with Gasteiger partial charge >= 0.3 is 0 Å². The van der Waals surface area contributed by atoms with E-state index in [0.29, 0.717) is 5.69 Å². The molecular weight excluding hydrogens is 526 g/mol. The number of allylic oxidation sites excluding steroid dienone is 1. The fraction of sp³-hybridized carbons (Fsp3) is 0.226. The van der Waals surface area contributed by atoms with Gasteiger partial charge in [0.15, 0.2) is 5.78 Å². The molecule has 2 heterocycles. The van der Waals surface area contributed by atoms with Gasteiger partial charge in [0.05, 0.1) is 42.3 Å². The fourth-order valence-corrected chi connectivity index (χ4v) is 3.80. The highest BCUT2D eigenvalue weighted by atomic mass is 35.5. The van der Waals surface area contributed by atoms with E-state index < -0.39 is 63.5 Å². The number of anilines is 2. The third-order valence-corrected chi connectivity index (χ3v) is 5.65. The molecule has 2 aromatic heterocycles. The molecule has 4 rings (SSSR count). The number of carbonyl (C=O) groups excluding carboxylic acids is 1. The second-order valence-corrected chi connectivity index (χ2v) is 8.69. The van der Waals surface area contributed by atoms with E-state index in [1.54, 1.807) is 12.1 Å². The molecule has 0 spiro atoms. The molecule has 0 atom stereocenters. The minimum absolute atomic E-state index is 0.00132. The highest BCUT2D eigenvalue weighted by Gasteiger charge is 2.16. The molecule has 0 fully saturated rings.